The van der Waals surface area contributed by atoms with Crippen molar-refractivity contribution in [1.29, 1.82) is 21.2 Å². The van der Waals surface area contributed by atoms with Gasteiger partial charge in [0.1, 0.15) is 5.92 Å². The van der Waals surface area contributed by atoms with Gasteiger partial charge in [0.25, 0.3) is 0 Å². The first kappa shape index (κ1) is 20.2. The normalized spacial score (nSPS) is 28.2. The average molecular weight is 391 g/mol. The zero-order chi connectivity index (χ0) is 20.3. The molecule has 2 aliphatic rings. The Bertz CT molecular complexity index is 898. The van der Waals surface area contributed by atoms with Gasteiger partial charge in [-0.2, -0.15) is 15.8 Å². The monoisotopic (exact) mass is 390 g/mol. The lowest BCUT2D eigenvalue weighted by Crippen LogP contribution is -3.13. The molecule has 1 heterocycles. The van der Waals surface area contributed by atoms with Crippen molar-refractivity contribution in [2.45, 2.75) is 24.2 Å². The Morgan fingerprint density at radius 3 is 2.43 bits per heavy atom. The van der Waals surface area contributed by atoms with Gasteiger partial charge in [-0.25, -0.2) is 0 Å². The molecule has 2 N–H and O–H groups in total. The number of nitrogens with zero attached hydrogens (tertiary/aromatic N) is 3. The molecule has 4 atom stereocenters. The fraction of sp³-hybridized carbons (Fsp3) is 0.455. The summed E-state index contributed by atoms with van der Waals surface area (Å²) in [5.74, 6) is -1.31. The van der Waals surface area contributed by atoms with Gasteiger partial charge in [0.05, 0.1) is 43.6 Å². The van der Waals surface area contributed by atoms with Crippen LogP contribution in [0.5, 0.6) is 0 Å². The number of rotatable bonds is 4. The van der Waals surface area contributed by atoms with Crippen molar-refractivity contribution in [2.75, 3.05) is 25.9 Å². The van der Waals surface area contributed by atoms with Gasteiger partial charge < -0.3 is 10.3 Å². The number of benzene rings is 1. The first-order chi connectivity index (χ1) is 13.6. The molecule has 0 spiro atoms. The summed E-state index contributed by atoms with van der Waals surface area (Å²) in [6.07, 6.45) is 5.15. The number of nitriles is 3. The summed E-state index contributed by atoms with van der Waals surface area (Å²) in [5, 5.41) is 38.5. The molecule has 1 aliphatic carbocycles. The second-order valence-corrected chi connectivity index (χ2v) is 8.36. The fourth-order valence-electron chi connectivity index (χ4n) is 4.71. The van der Waals surface area contributed by atoms with Crippen LogP contribution in [-0.4, -0.2) is 31.6 Å². The molecule has 1 aromatic carbocycles. The molecule has 0 saturated heterocycles. The van der Waals surface area contributed by atoms with Crippen LogP contribution in [0.1, 0.15) is 24.8 Å². The van der Waals surface area contributed by atoms with Gasteiger partial charge in [-0.1, -0.05) is 19.1 Å². The summed E-state index contributed by atoms with van der Waals surface area (Å²) in [7, 11) is 0. The van der Waals surface area contributed by atoms with Crippen molar-refractivity contribution in [2.24, 2.45) is 17.3 Å². The molecule has 28 heavy (non-hydrogen) atoms. The Morgan fingerprint density at radius 1 is 1.21 bits per heavy atom. The van der Waals surface area contributed by atoms with Crippen LogP contribution in [0.4, 0.5) is 0 Å². The van der Waals surface area contributed by atoms with Gasteiger partial charge >= 0.3 is 0 Å². The highest BCUT2D eigenvalue weighted by molar-refractivity contribution is 7.98. The number of nitrogens with one attached hydrogen (secondary N) is 2. The summed E-state index contributed by atoms with van der Waals surface area (Å²) in [4.78, 5) is 2.51. The second kappa shape index (κ2) is 8.19. The number of hydrogen-bond acceptors (Lipinski definition) is 5. The third-order valence-electron chi connectivity index (χ3n) is 6.04. The van der Waals surface area contributed by atoms with E-state index in [1.807, 2.05) is 30.5 Å². The number of hydrogen-bond donors (Lipinski definition) is 2. The predicted octanol–water partition coefficient (Wildman–Crippen LogP) is 2.55. The number of thioether (sulfide) groups is 1. The first-order valence-electron chi connectivity index (χ1n) is 9.54. The molecular formula is C22H24N5S+. The van der Waals surface area contributed by atoms with Gasteiger partial charge in [-0.3, -0.25) is 0 Å². The quantitative estimate of drug-likeness (QED) is 0.609. The van der Waals surface area contributed by atoms with E-state index in [1.165, 1.54) is 4.90 Å². The molecule has 1 aromatic rings. The van der Waals surface area contributed by atoms with Crippen LogP contribution in [0.15, 0.2) is 40.8 Å². The van der Waals surface area contributed by atoms with Crippen molar-refractivity contribution >= 4 is 17.5 Å². The van der Waals surface area contributed by atoms with E-state index >= 15 is 0 Å². The van der Waals surface area contributed by atoms with Crippen LogP contribution in [0, 0.1) is 56.7 Å². The van der Waals surface area contributed by atoms with Crippen LogP contribution in [0.3, 0.4) is 0 Å². The van der Waals surface area contributed by atoms with Gasteiger partial charge in [-0.05, 0) is 42.0 Å². The highest BCUT2D eigenvalue weighted by atomic mass is 32.2. The molecule has 1 aliphatic heterocycles. The zero-order valence-electron chi connectivity index (χ0n) is 16.2. The Hall–Kier alpha value is -2.59. The Labute approximate surface area is 170 Å². The molecular weight excluding hydrogens is 366 g/mol. The summed E-state index contributed by atoms with van der Waals surface area (Å²) in [5.41, 5.74) is 0.140. The van der Waals surface area contributed by atoms with Gasteiger partial charge in [0.2, 0.25) is 0 Å². The maximum Gasteiger partial charge on any atom is 0.189 e. The van der Waals surface area contributed by atoms with Crippen LogP contribution in [0.25, 0.3) is 0 Å². The van der Waals surface area contributed by atoms with Crippen molar-refractivity contribution < 1.29 is 4.90 Å². The molecule has 2 unspecified atom stereocenters. The van der Waals surface area contributed by atoms with Crippen LogP contribution >= 0.6 is 11.8 Å². The van der Waals surface area contributed by atoms with Gasteiger partial charge in [0, 0.05) is 16.7 Å². The molecule has 1 saturated carbocycles. The largest absolute Gasteiger partial charge is 0.331 e. The molecule has 0 aromatic heterocycles. The minimum atomic E-state index is -1.61. The van der Waals surface area contributed by atoms with E-state index in [9.17, 15) is 15.8 Å². The first-order valence-corrected chi connectivity index (χ1v) is 10.8. The highest BCUT2D eigenvalue weighted by Crippen LogP contribution is 2.52. The Morgan fingerprint density at radius 2 is 1.89 bits per heavy atom. The maximum atomic E-state index is 10.1. The lowest BCUT2D eigenvalue weighted by molar-refractivity contribution is -0.899. The number of fused-ring (bicyclic) bond motifs is 1. The summed E-state index contributed by atoms with van der Waals surface area (Å²) in [6, 6.07) is 14.5. The average Bonchev–Trinajstić information content (AvgIpc) is 2.73. The van der Waals surface area contributed by atoms with E-state index in [0.29, 0.717) is 0 Å². The molecule has 0 radical (unpaired) electrons. The minimum absolute atomic E-state index is 0.0691. The third kappa shape index (κ3) is 3.12. The highest BCUT2D eigenvalue weighted by Gasteiger charge is 2.58. The third-order valence-corrected chi connectivity index (χ3v) is 6.78. The molecule has 142 valence electrons. The lowest BCUT2D eigenvalue weighted by atomic mass is 9.54. The lowest BCUT2D eigenvalue weighted by Gasteiger charge is -2.46. The predicted molar refractivity (Wildman–Crippen MR) is 109 cm³/mol. The standard InChI is InChI=1S/C22H23N5S/c1-3-9-27-10-8-17-18(11-23)21(26)22(13-24,14-25)20(19(17)12-27)15-4-6-16(28-2)7-5-15/h4-8,18-20,26H,3,9-10,12H2,1-2H3/p+1/t18?,19-,20-/m1/s1. The summed E-state index contributed by atoms with van der Waals surface area (Å²) < 4.78 is 0. The van der Waals surface area contributed by atoms with Crippen molar-refractivity contribution in [3.05, 3.63) is 41.5 Å². The van der Waals surface area contributed by atoms with Crippen LogP contribution in [0.2, 0.25) is 0 Å². The van der Waals surface area contributed by atoms with Crippen LogP contribution in [-0.2, 0) is 0 Å². The van der Waals surface area contributed by atoms with E-state index < -0.39 is 17.3 Å². The molecule has 5 nitrogen and oxygen atoms in total. The second-order valence-electron chi connectivity index (χ2n) is 7.48. The van der Waals surface area contributed by atoms with E-state index in [2.05, 4.69) is 31.2 Å². The fourth-order valence-corrected chi connectivity index (χ4v) is 5.11. The zero-order valence-corrected chi connectivity index (χ0v) is 17.0. The van der Waals surface area contributed by atoms with E-state index in [1.54, 1.807) is 11.8 Å². The maximum absolute atomic E-state index is 10.1. The van der Waals surface area contributed by atoms with E-state index in [0.717, 1.165) is 42.1 Å². The Kier molecular flexibility index (Phi) is 5.90. The summed E-state index contributed by atoms with van der Waals surface area (Å²) in [6.45, 7) is 4.77. The van der Waals surface area contributed by atoms with Gasteiger partial charge in [-0.15, -0.1) is 11.8 Å². The Balaban J connectivity index is 2.18. The SMILES string of the molecule is CCC[NH+]1CC=C2C(C#N)C(=N)C(C#N)(C#N)[C@H](c3ccc(SC)cc3)[C@@H]2C1. The molecule has 0 amide bonds. The molecule has 3 rings (SSSR count). The van der Waals surface area contributed by atoms with Crippen LogP contribution < -0.4 is 4.90 Å². The van der Waals surface area contributed by atoms with Crippen molar-refractivity contribution in [3.63, 3.8) is 0 Å². The van der Waals surface area contributed by atoms with E-state index in [-0.39, 0.29) is 11.6 Å². The van der Waals surface area contributed by atoms with Crippen molar-refractivity contribution in [1.82, 2.24) is 0 Å². The van der Waals surface area contributed by atoms with E-state index in [4.69, 9.17) is 5.41 Å². The van der Waals surface area contributed by atoms with Crippen molar-refractivity contribution in [3.8, 4) is 18.2 Å². The molecule has 6 heteroatoms. The molecule has 1 fully saturated rings. The molecule has 0 bridgehead atoms. The van der Waals surface area contributed by atoms with Gasteiger partial charge in [0.15, 0.2) is 5.41 Å². The topological polar surface area (TPSA) is 99.7 Å². The minimum Gasteiger partial charge on any atom is -0.331 e. The summed E-state index contributed by atoms with van der Waals surface area (Å²) >= 11 is 1.64. The smallest absolute Gasteiger partial charge is 0.189 e. The number of quaternary nitrogens is 1.